The number of piperidine rings is 1. The highest BCUT2D eigenvalue weighted by Crippen LogP contribution is 2.17. The number of rotatable bonds is 1. The number of anilines is 1. The number of alkyl halides is 1. The molecule has 1 aromatic heterocycles. The average molecular weight is 195 g/mol. The Hall–Kier alpha value is -1.19. The Labute approximate surface area is 83.0 Å². The number of nitrogens with zero attached hydrogens (tertiary/aromatic N) is 3. The van der Waals surface area contributed by atoms with E-state index in [-0.39, 0.29) is 0 Å². The predicted octanol–water partition coefficient (Wildman–Crippen LogP) is 1.72. The van der Waals surface area contributed by atoms with Crippen LogP contribution in [-0.2, 0) is 0 Å². The van der Waals surface area contributed by atoms with E-state index in [1.807, 2.05) is 17.9 Å². The van der Waals surface area contributed by atoms with Gasteiger partial charge in [0.1, 0.15) is 6.17 Å². The van der Waals surface area contributed by atoms with Gasteiger partial charge in [-0.25, -0.2) is 14.4 Å². The molecule has 2 rings (SSSR count). The Morgan fingerprint density at radius 2 is 2.14 bits per heavy atom. The summed E-state index contributed by atoms with van der Waals surface area (Å²) < 4.78 is 12.9. The molecule has 0 aliphatic carbocycles. The predicted molar refractivity (Wildman–Crippen MR) is 53.1 cm³/mol. The summed E-state index contributed by atoms with van der Waals surface area (Å²) in [6.45, 7) is 3.39. The van der Waals surface area contributed by atoms with Crippen LogP contribution in [0.2, 0.25) is 0 Å². The minimum Gasteiger partial charge on any atom is -0.341 e. The fraction of sp³-hybridized carbons (Fsp3) is 0.600. The summed E-state index contributed by atoms with van der Waals surface area (Å²) >= 11 is 0. The van der Waals surface area contributed by atoms with Crippen molar-refractivity contribution < 1.29 is 4.39 Å². The Bertz CT molecular complexity index is 308. The Balaban J connectivity index is 2.08. The molecule has 1 saturated heterocycles. The largest absolute Gasteiger partial charge is 0.341 e. The minimum absolute atomic E-state index is 0.595. The quantitative estimate of drug-likeness (QED) is 0.683. The molecule has 1 fully saturated rings. The maximum atomic E-state index is 12.9. The molecule has 0 radical (unpaired) electrons. The molecule has 4 heteroatoms. The summed E-state index contributed by atoms with van der Waals surface area (Å²) in [5, 5.41) is 0. The van der Waals surface area contributed by atoms with Gasteiger partial charge in [0, 0.05) is 25.0 Å². The van der Waals surface area contributed by atoms with Crippen LogP contribution in [0.1, 0.15) is 18.5 Å². The highest BCUT2D eigenvalue weighted by Gasteiger charge is 2.19. The molecule has 14 heavy (non-hydrogen) atoms. The molecule has 0 spiro atoms. The Kier molecular flexibility index (Phi) is 2.61. The molecule has 76 valence electrons. The smallest absolute Gasteiger partial charge is 0.225 e. The molecule has 0 bridgehead atoms. The van der Waals surface area contributed by atoms with Gasteiger partial charge in [-0.3, -0.25) is 0 Å². The summed E-state index contributed by atoms with van der Waals surface area (Å²) in [7, 11) is 0. The van der Waals surface area contributed by atoms with Crippen molar-refractivity contribution in [1.82, 2.24) is 9.97 Å². The maximum absolute atomic E-state index is 12.9. The van der Waals surface area contributed by atoms with Gasteiger partial charge >= 0.3 is 0 Å². The van der Waals surface area contributed by atoms with Crippen LogP contribution >= 0.6 is 0 Å². The van der Waals surface area contributed by atoms with Crippen LogP contribution in [0.25, 0.3) is 0 Å². The molecule has 1 aliphatic rings. The van der Waals surface area contributed by atoms with Crippen molar-refractivity contribution >= 4 is 5.95 Å². The zero-order valence-electron chi connectivity index (χ0n) is 8.28. The second-order valence-corrected chi connectivity index (χ2v) is 3.66. The fourth-order valence-corrected chi connectivity index (χ4v) is 1.64. The highest BCUT2D eigenvalue weighted by molar-refractivity contribution is 5.30. The molecule has 1 aliphatic heterocycles. The Morgan fingerprint density at radius 1 is 1.43 bits per heavy atom. The highest BCUT2D eigenvalue weighted by atomic mass is 19.1. The third kappa shape index (κ3) is 2.00. The van der Waals surface area contributed by atoms with E-state index in [9.17, 15) is 4.39 Å². The zero-order valence-corrected chi connectivity index (χ0v) is 8.28. The first-order valence-corrected chi connectivity index (χ1v) is 4.94. The van der Waals surface area contributed by atoms with Crippen LogP contribution < -0.4 is 4.90 Å². The van der Waals surface area contributed by atoms with Gasteiger partial charge in [-0.05, 0) is 25.8 Å². The van der Waals surface area contributed by atoms with Crippen molar-refractivity contribution in [1.29, 1.82) is 0 Å². The molecule has 3 nitrogen and oxygen atoms in total. The molecule has 0 amide bonds. The lowest BCUT2D eigenvalue weighted by atomic mass is 10.1. The van der Waals surface area contributed by atoms with Gasteiger partial charge in [0.05, 0.1) is 0 Å². The van der Waals surface area contributed by atoms with Gasteiger partial charge in [0.2, 0.25) is 5.95 Å². The van der Waals surface area contributed by atoms with Crippen molar-refractivity contribution in [2.75, 3.05) is 18.0 Å². The van der Waals surface area contributed by atoms with Crippen LogP contribution in [0.15, 0.2) is 12.3 Å². The molecule has 0 unspecified atom stereocenters. The lowest BCUT2D eigenvalue weighted by molar-refractivity contribution is 0.276. The van der Waals surface area contributed by atoms with Crippen LogP contribution in [-0.4, -0.2) is 29.2 Å². The number of aromatic nitrogens is 2. The van der Waals surface area contributed by atoms with E-state index < -0.39 is 6.17 Å². The number of halogens is 1. The third-order valence-corrected chi connectivity index (χ3v) is 2.49. The molecule has 0 atom stereocenters. The van der Waals surface area contributed by atoms with Gasteiger partial charge in [-0.2, -0.15) is 0 Å². The molecule has 0 N–H and O–H groups in total. The number of hydrogen-bond donors (Lipinski definition) is 0. The monoisotopic (exact) mass is 195 g/mol. The minimum atomic E-state index is -0.643. The number of aryl methyl sites for hydroxylation is 1. The normalized spacial score (nSPS) is 18.6. The zero-order chi connectivity index (χ0) is 9.97. The summed E-state index contributed by atoms with van der Waals surface area (Å²) in [6.07, 6.45) is 2.30. The van der Waals surface area contributed by atoms with Gasteiger partial charge in [0.25, 0.3) is 0 Å². The summed E-state index contributed by atoms with van der Waals surface area (Å²) in [4.78, 5) is 10.5. The van der Waals surface area contributed by atoms with Crippen molar-refractivity contribution in [3.8, 4) is 0 Å². The average Bonchev–Trinajstić information content (AvgIpc) is 2.19. The van der Waals surface area contributed by atoms with E-state index in [2.05, 4.69) is 9.97 Å². The fourth-order valence-electron chi connectivity index (χ4n) is 1.64. The number of hydrogen-bond acceptors (Lipinski definition) is 3. The van der Waals surface area contributed by atoms with E-state index >= 15 is 0 Å². The molecular weight excluding hydrogens is 181 g/mol. The third-order valence-electron chi connectivity index (χ3n) is 2.49. The van der Waals surface area contributed by atoms with E-state index in [1.165, 1.54) is 0 Å². The van der Waals surface area contributed by atoms with Crippen LogP contribution in [0.4, 0.5) is 10.3 Å². The summed E-state index contributed by atoms with van der Waals surface area (Å²) in [5.74, 6) is 0.733. The first-order chi connectivity index (χ1) is 6.75. The van der Waals surface area contributed by atoms with Gasteiger partial charge in [-0.15, -0.1) is 0 Å². The first-order valence-electron chi connectivity index (χ1n) is 4.94. The Morgan fingerprint density at radius 3 is 2.79 bits per heavy atom. The van der Waals surface area contributed by atoms with Gasteiger partial charge in [-0.1, -0.05) is 0 Å². The lowest BCUT2D eigenvalue weighted by Gasteiger charge is -2.28. The van der Waals surface area contributed by atoms with E-state index in [0.717, 1.165) is 24.7 Å². The van der Waals surface area contributed by atoms with Crippen molar-refractivity contribution in [2.24, 2.45) is 0 Å². The van der Waals surface area contributed by atoms with E-state index in [4.69, 9.17) is 0 Å². The van der Waals surface area contributed by atoms with E-state index in [0.29, 0.717) is 12.8 Å². The van der Waals surface area contributed by atoms with Gasteiger partial charge < -0.3 is 4.90 Å². The maximum Gasteiger partial charge on any atom is 0.225 e. The lowest BCUT2D eigenvalue weighted by Crippen LogP contribution is -2.35. The first kappa shape index (κ1) is 9.37. The standard InChI is InChI=1S/C10H14FN3/c1-8-2-5-12-10(13-8)14-6-3-9(11)4-7-14/h2,5,9H,3-4,6-7H2,1H3. The summed E-state index contributed by atoms with van der Waals surface area (Å²) in [6, 6.07) is 1.87. The van der Waals surface area contributed by atoms with Crippen LogP contribution in [0.3, 0.4) is 0 Å². The molecule has 0 aromatic carbocycles. The molecule has 1 aromatic rings. The molecule has 2 heterocycles. The van der Waals surface area contributed by atoms with E-state index in [1.54, 1.807) is 6.20 Å². The van der Waals surface area contributed by atoms with Crippen molar-refractivity contribution in [2.45, 2.75) is 25.9 Å². The second kappa shape index (κ2) is 3.90. The van der Waals surface area contributed by atoms with Crippen LogP contribution in [0, 0.1) is 6.92 Å². The molecular formula is C10H14FN3. The van der Waals surface area contributed by atoms with Crippen molar-refractivity contribution in [3.05, 3.63) is 18.0 Å². The van der Waals surface area contributed by atoms with Crippen LogP contribution in [0.5, 0.6) is 0 Å². The second-order valence-electron chi connectivity index (χ2n) is 3.66. The molecule has 0 saturated carbocycles. The topological polar surface area (TPSA) is 29.0 Å². The van der Waals surface area contributed by atoms with Gasteiger partial charge in [0.15, 0.2) is 0 Å². The summed E-state index contributed by atoms with van der Waals surface area (Å²) in [5.41, 5.74) is 0.956. The van der Waals surface area contributed by atoms with Crippen molar-refractivity contribution in [3.63, 3.8) is 0 Å². The SMILES string of the molecule is Cc1ccnc(N2CCC(F)CC2)n1.